The number of rotatable bonds is 8. The number of aromatic nitrogens is 2. The maximum Gasteiger partial charge on any atom is 0.277 e. The van der Waals surface area contributed by atoms with Crippen LogP contribution in [0, 0.1) is 13.8 Å². The van der Waals surface area contributed by atoms with Gasteiger partial charge in [0.25, 0.3) is 5.22 Å². The van der Waals surface area contributed by atoms with Gasteiger partial charge in [0.2, 0.25) is 11.8 Å². The number of benzene rings is 3. The van der Waals surface area contributed by atoms with Gasteiger partial charge in [-0.25, -0.2) is 0 Å². The summed E-state index contributed by atoms with van der Waals surface area (Å²) in [6, 6.07) is 23.5. The minimum Gasteiger partial charge on any atom is -0.411 e. The van der Waals surface area contributed by atoms with Gasteiger partial charge < -0.3 is 9.73 Å². The number of aliphatic imine (C=N–C) groups is 1. The van der Waals surface area contributed by atoms with Crippen LogP contribution in [0.4, 0.5) is 11.4 Å². The molecule has 4 aromatic rings. The molecule has 6 nitrogen and oxygen atoms in total. The fourth-order valence-electron chi connectivity index (χ4n) is 3.24. The first-order chi connectivity index (χ1) is 16.6. The highest BCUT2D eigenvalue weighted by molar-refractivity contribution is 7.99. The van der Waals surface area contributed by atoms with Crippen molar-refractivity contribution in [1.82, 2.24) is 10.2 Å². The fourth-order valence-corrected chi connectivity index (χ4v) is 3.80. The van der Waals surface area contributed by atoms with Crippen molar-refractivity contribution in [1.29, 1.82) is 0 Å². The molecule has 34 heavy (non-hydrogen) atoms. The van der Waals surface area contributed by atoms with E-state index in [1.54, 1.807) is 6.21 Å². The van der Waals surface area contributed by atoms with Crippen molar-refractivity contribution < 1.29 is 9.21 Å². The summed E-state index contributed by atoms with van der Waals surface area (Å²) in [5, 5.41) is 11.4. The van der Waals surface area contributed by atoms with Gasteiger partial charge in [0.1, 0.15) is 0 Å². The van der Waals surface area contributed by atoms with Gasteiger partial charge in [0, 0.05) is 17.5 Å². The highest BCUT2D eigenvalue weighted by Crippen LogP contribution is 2.26. The lowest BCUT2D eigenvalue weighted by Crippen LogP contribution is -2.15. The van der Waals surface area contributed by atoms with Gasteiger partial charge in [0.05, 0.1) is 11.4 Å². The van der Waals surface area contributed by atoms with E-state index < -0.39 is 0 Å². The Morgan fingerprint density at radius 3 is 2.44 bits per heavy atom. The number of anilines is 1. The molecule has 0 aliphatic heterocycles. The van der Waals surface area contributed by atoms with E-state index in [9.17, 15) is 4.79 Å². The molecule has 0 saturated heterocycles. The molecular weight excluding hydrogens is 444 g/mol. The Bertz CT molecular complexity index is 1290. The Hall–Kier alpha value is -3.97. The van der Waals surface area contributed by atoms with E-state index in [0.717, 1.165) is 33.6 Å². The quantitative estimate of drug-likeness (QED) is 0.236. The molecule has 0 spiro atoms. The monoisotopic (exact) mass is 468 g/mol. The second-order valence-electron chi connectivity index (χ2n) is 7.57. The first kappa shape index (κ1) is 23.2. The third-order valence-corrected chi connectivity index (χ3v) is 5.81. The van der Waals surface area contributed by atoms with Crippen molar-refractivity contribution in [3.8, 4) is 11.5 Å². The summed E-state index contributed by atoms with van der Waals surface area (Å²) >= 11 is 1.21. The number of thioether (sulfide) groups is 1. The van der Waals surface area contributed by atoms with Crippen LogP contribution in [0.3, 0.4) is 0 Å². The smallest absolute Gasteiger partial charge is 0.277 e. The topological polar surface area (TPSA) is 80.4 Å². The number of hydrogen-bond donors (Lipinski definition) is 1. The molecule has 3 aromatic carbocycles. The Kier molecular flexibility index (Phi) is 7.67. The lowest BCUT2D eigenvalue weighted by Gasteiger charge is -2.10. The van der Waals surface area contributed by atoms with Crippen LogP contribution >= 0.6 is 11.8 Å². The number of carbonyl (C=O) groups is 1. The molecule has 0 atom stereocenters. The van der Waals surface area contributed by atoms with E-state index in [1.807, 2.05) is 98.8 Å². The predicted octanol–water partition coefficient (Wildman–Crippen LogP) is 6.50. The Balaban J connectivity index is 1.30. The van der Waals surface area contributed by atoms with E-state index in [0.29, 0.717) is 11.1 Å². The number of amides is 1. The van der Waals surface area contributed by atoms with E-state index in [4.69, 9.17) is 4.42 Å². The van der Waals surface area contributed by atoms with Crippen LogP contribution < -0.4 is 5.32 Å². The average molecular weight is 469 g/mol. The number of aryl methyl sites for hydroxylation is 2. The summed E-state index contributed by atoms with van der Waals surface area (Å²) in [5.74, 6) is 0.461. The molecular formula is C27H24N4O2S. The molecule has 4 rings (SSSR count). The number of carbonyl (C=O) groups excluding carboxylic acids is 1. The van der Waals surface area contributed by atoms with E-state index in [1.165, 1.54) is 11.8 Å². The summed E-state index contributed by atoms with van der Waals surface area (Å²) in [7, 11) is 0. The lowest BCUT2D eigenvalue weighted by molar-refractivity contribution is -0.113. The van der Waals surface area contributed by atoms with Crippen LogP contribution in [0.15, 0.2) is 93.5 Å². The molecule has 1 heterocycles. The van der Waals surface area contributed by atoms with E-state index >= 15 is 0 Å². The fraction of sp³-hybridized carbons (Fsp3) is 0.111. The molecule has 1 amide bonds. The third kappa shape index (κ3) is 6.30. The molecule has 7 heteroatoms. The number of nitrogens with one attached hydrogen (secondary N) is 1. The van der Waals surface area contributed by atoms with Gasteiger partial charge >= 0.3 is 0 Å². The molecule has 0 aliphatic rings. The first-order valence-electron chi connectivity index (χ1n) is 10.8. The van der Waals surface area contributed by atoms with E-state index in [-0.39, 0.29) is 11.7 Å². The van der Waals surface area contributed by atoms with Crippen molar-refractivity contribution in [3.63, 3.8) is 0 Å². The number of hydrogen-bond acceptors (Lipinski definition) is 6. The van der Waals surface area contributed by atoms with Gasteiger partial charge in [-0.2, -0.15) is 0 Å². The number of para-hydroxylation sites is 1. The van der Waals surface area contributed by atoms with Crippen LogP contribution in [0.2, 0.25) is 0 Å². The van der Waals surface area contributed by atoms with Crippen molar-refractivity contribution in [2.45, 2.75) is 19.1 Å². The van der Waals surface area contributed by atoms with E-state index in [2.05, 4.69) is 20.5 Å². The van der Waals surface area contributed by atoms with Crippen LogP contribution in [0.25, 0.3) is 17.5 Å². The minimum atomic E-state index is -0.120. The van der Waals surface area contributed by atoms with Gasteiger partial charge in [0.15, 0.2) is 0 Å². The van der Waals surface area contributed by atoms with Gasteiger partial charge in [-0.15, -0.1) is 10.2 Å². The minimum absolute atomic E-state index is 0.120. The molecule has 0 aliphatic carbocycles. The SMILES string of the molecule is Cc1cccc(C)c1NC(=O)CSc1nnc(-c2ccc(N=C/C=C/c3ccccc3)cc2)o1. The molecule has 0 radical (unpaired) electrons. The highest BCUT2D eigenvalue weighted by atomic mass is 32.2. The molecule has 0 unspecified atom stereocenters. The molecule has 0 bridgehead atoms. The summed E-state index contributed by atoms with van der Waals surface area (Å²) in [6.07, 6.45) is 5.66. The van der Waals surface area contributed by atoms with Gasteiger partial charge in [-0.05, 0) is 60.9 Å². The largest absolute Gasteiger partial charge is 0.411 e. The third-order valence-electron chi connectivity index (χ3n) is 4.99. The Morgan fingerprint density at radius 1 is 0.971 bits per heavy atom. The van der Waals surface area contributed by atoms with Crippen molar-refractivity contribution in [2.24, 2.45) is 4.99 Å². The summed E-state index contributed by atoms with van der Waals surface area (Å²) in [5.41, 5.74) is 5.63. The van der Waals surface area contributed by atoms with Crippen molar-refractivity contribution in [3.05, 3.63) is 95.6 Å². The normalized spacial score (nSPS) is 11.4. The van der Waals surface area contributed by atoms with Gasteiger partial charge in [-0.1, -0.05) is 66.4 Å². The Labute approximate surface area is 202 Å². The van der Waals surface area contributed by atoms with Crippen LogP contribution in [0.1, 0.15) is 16.7 Å². The summed E-state index contributed by atoms with van der Waals surface area (Å²) in [6.45, 7) is 3.94. The zero-order valence-corrected chi connectivity index (χ0v) is 19.8. The zero-order chi connectivity index (χ0) is 23.8. The lowest BCUT2D eigenvalue weighted by atomic mass is 10.1. The van der Waals surface area contributed by atoms with Crippen LogP contribution in [0.5, 0.6) is 0 Å². The average Bonchev–Trinajstić information content (AvgIpc) is 3.33. The maximum atomic E-state index is 12.4. The standard InChI is InChI=1S/C27H24N4O2S/c1-19-8-6-9-20(2)25(19)29-24(32)18-34-27-31-30-26(33-27)22-13-15-23(16-14-22)28-17-7-12-21-10-4-3-5-11-21/h3-17H,18H2,1-2H3,(H,29,32)/b12-7+,28-17?. The van der Waals surface area contributed by atoms with Crippen LogP contribution in [-0.4, -0.2) is 28.1 Å². The molecule has 0 saturated carbocycles. The number of nitrogens with zero attached hydrogens (tertiary/aromatic N) is 3. The molecule has 170 valence electrons. The molecule has 1 aromatic heterocycles. The predicted molar refractivity (Wildman–Crippen MR) is 139 cm³/mol. The van der Waals surface area contributed by atoms with Crippen molar-refractivity contribution >= 4 is 41.3 Å². The maximum absolute atomic E-state index is 12.4. The second-order valence-corrected chi connectivity index (χ2v) is 8.50. The summed E-state index contributed by atoms with van der Waals surface area (Å²) in [4.78, 5) is 16.8. The number of allylic oxidation sites excluding steroid dienone is 1. The molecule has 0 fully saturated rings. The van der Waals surface area contributed by atoms with Crippen LogP contribution in [-0.2, 0) is 4.79 Å². The second kappa shape index (κ2) is 11.2. The first-order valence-corrected chi connectivity index (χ1v) is 11.8. The summed E-state index contributed by atoms with van der Waals surface area (Å²) < 4.78 is 5.72. The van der Waals surface area contributed by atoms with Gasteiger partial charge in [-0.3, -0.25) is 9.79 Å². The van der Waals surface area contributed by atoms with Crippen molar-refractivity contribution in [2.75, 3.05) is 11.1 Å². The highest BCUT2D eigenvalue weighted by Gasteiger charge is 2.12. The molecule has 1 N–H and O–H groups in total. The Morgan fingerprint density at radius 2 is 1.71 bits per heavy atom. The zero-order valence-electron chi connectivity index (χ0n) is 18.9.